The monoisotopic (exact) mass is 738 g/mol. The van der Waals surface area contributed by atoms with Crippen LogP contribution in [0.4, 0.5) is 0 Å². The lowest BCUT2D eigenvalue weighted by molar-refractivity contribution is 0.690. The Morgan fingerprint density at radius 1 is 0.439 bits per heavy atom. The molecular weight excluding hydrogens is 696 g/mol. The quantitative estimate of drug-likeness (QED) is 0.0985. The Hall–Kier alpha value is -1.68. The Morgan fingerprint density at radius 3 is 0.805 bits per heavy atom. The maximum atomic E-state index is 4.31. The van der Waals surface area contributed by atoms with Crippen molar-refractivity contribution in [2.24, 2.45) is 0 Å². The van der Waals surface area contributed by atoms with E-state index in [1.807, 2.05) is 0 Å². The number of benzene rings is 3. The molecule has 0 aliphatic carbocycles. The Morgan fingerprint density at radius 2 is 0.634 bits per heavy atom. The smallest absolute Gasteiger partial charge is 0.0423 e. The highest BCUT2D eigenvalue weighted by molar-refractivity contribution is 9.10. The second kappa shape index (κ2) is 12.9. The molecule has 0 radical (unpaired) electrons. The van der Waals surface area contributed by atoms with Crippen molar-refractivity contribution < 1.29 is 0 Å². The average molecular weight is 741 g/mol. The van der Waals surface area contributed by atoms with E-state index in [1.165, 1.54) is 50.1 Å². The van der Waals surface area contributed by atoms with E-state index in [0.29, 0.717) is 0 Å². The molecule has 3 rings (SSSR count). The van der Waals surface area contributed by atoms with Crippen molar-refractivity contribution >= 4 is 47.8 Å². The van der Waals surface area contributed by atoms with Gasteiger partial charge < -0.3 is 0 Å². The van der Waals surface area contributed by atoms with Crippen molar-refractivity contribution in [2.75, 3.05) is 0 Å². The van der Waals surface area contributed by atoms with Crippen molar-refractivity contribution in [3.8, 4) is 0 Å². The van der Waals surface area contributed by atoms with Gasteiger partial charge in [0.15, 0.2) is 0 Å². The van der Waals surface area contributed by atoms with Gasteiger partial charge in [0, 0.05) is 18.4 Å². The predicted octanol–water partition coefficient (Wildman–Crippen LogP) is 11.9. The molecule has 3 heteroatoms. The van der Waals surface area contributed by atoms with E-state index in [-0.39, 0.29) is 18.4 Å². The Kier molecular flexibility index (Phi) is 10.6. The van der Waals surface area contributed by atoms with Gasteiger partial charge in [0.05, 0.1) is 0 Å². The minimum Gasteiger partial charge on any atom is -0.0981 e. The highest BCUT2D eigenvalue weighted by Crippen LogP contribution is 2.40. The average Bonchev–Trinajstić information content (AvgIpc) is 2.88. The first-order valence-electron chi connectivity index (χ1n) is 14.2. The van der Waals surface area contributed by atoms with Gasteiger partial charge in [-0.25, -0.2) is 0 Å². The maximum absolute atomic E-state index is 4.31. The summed E-state index contributed by atoms with van der Waals surface area (Å²) in [6.45, 7) is 28.2. The molecule has 0 aliphatic heterocycles. The molecule has 0 unspecified atom stereocenters. The van der Waals surface area contributed by atoms with E-state index in [1.54, 1.807) is 0 Å². The molecule has 0 fully saturated rings. The Labute approximate surface area is 274 Å². The van der Waals surface area contributed by atoms with Crippen molar-refractivity contribution in [3.63, 3.8) is 0 Å². The van der Waals surface area contributed by atoms with Crippen LogP contribution in [0.25, 0.3) is 0 Å². The van der Waals surface area contributed by atoms with Crippen LogP contribution in [0.15, 0.2) is 109 Å². The van der Waals surface area contributed by atoms with Gasteiger partial charge in [0.25, 0.3) is 0 Å². The molecule has 0 saturated heterocycles. The van der Waals surface area contributed by atoms with Crippen LogP contribution < -0.4 is 0 Å². The standard InChI is InChI=1S/C38H45Br3/c1-26(35(4,5)39)23-29-11-17-32(18-12-29)38(10,33-19-13-30(14-20-33)24-27(2)36(6,7)40)34-21-15-31(16-22-34)25-28(3)37(8,9)41/h11-22H,1-3,23-25H2,4-10H3. The summed E-state index contributed by atoms with van der Waals surface area (Å²) in [6, 6.07) is 27.3. The summed E-state index contributed by atoms with van der Waals surface area (Å²) in [4.78, 5) is 0. The number of allylic oxidation sites excluding steroid dienone is 3. The molecule has 0 bridgehead atoms. The van der Waals surface area contributed by atoms with Crippen molar-refractivity contribution in [1.29, 1.82) is 0 Å². The van der Waals surface area contributed by atoms with Crippen LogP contribution in [-0.2, 0) is 24.7 Å². The van der Waals surface area contributed by atoms with Gasteiger partial charge in [-0.1, -0.05) is 157 Å². The van der Waals surface area contributed by atoms with Crippen LogP contribution in [0.3, 0.4) is 0 Å². The van der Waals surface area contributed by atoms with E-state index in [9.17, 15) is 0 Å². The highest BCUT2D eigenvalue weighted by Gasteiger charge is 2.32. The fourth-order valence-electron chi connectivity index (χ4n) is 4.74. The molecule has 0 heterocycles. The normalized spacial score (nSPS) is 12.7. The summed E-state index contributed by atoms with van der Waals surface area (Å²) in [5.74, 6) is 0. The summed E-state index contributed by atoms with van der Waals surface area (Å²) >= 11 is 11.3. The third-order valence-electron chi connectivity index (χ3n) is 8.37. The van der Waals surface area contributed by atoms with E-state index >= 15 is 0 Å². The maximum Gasteiger partial charge on any atom is 0.0423 e. The second-order valence-corrected chi connectivity index (χ2v) is 18.9. The van der Waals surface area contributed by atoms with Gasteiger partial charge in [0.1, 0.15) is 0 Å². The number of rotatable bonds is 12. The number of hydrogen-bond donors (Lipinski definition) is 0. The fraction of sp³-hybridized carbons (Fsp3) is 0.368. The Balaban J connectivity index is 2.02. The van der Waals surface area contributed by atoms with Crippen molar-refractivity contribution in [1.82, 2.24) is 0 Å². The molecule has 3 aromatic rings. The molecule has 0 saturated carbocycles. The topological polar surface area (TPSA) is 0 Å². The van der Waals surface area contributed by atoms with Gasteiger partial charge in [-0.15, -0.1) is 0 Å². The van der Waals surface area contributed by atoms with Gasteiger partial charge in [0.2, 0.25) is 0 Å². The van der Waals surface area contributed by atoms with Crippen molar-refractivity contribution in [3.05, 3.63) is 143 Å². The van der Waals surface area contributed by atoms with E-state index in [0.717, 1.165) is 19.3 Å². The van der Waals surface area contributed by atoms with Crippen LogP contribution in [0.1, 0.15) is 81.8 Å². The molecule has 0 amide bonds. The van der Waals surface area contributed by atoms with Gasteiger partial charge >= 0.3 is 0 Å². The largest absolute Gasteiger partial charge is 0.0981 e. The highest BCUT2D eigenvalue weighted by atomic mass is 79.9. The number of halogens is 3. The first-order chi connectivity index (χ1) is 18.8. The molecule has 0 N–H and O–H groups in total. The summed E-state index contributed by atoms with van der Waals surface area (Å²) in [6.07, 6.45) is 2.54. The summed E-state index contributed by atoms with van der Waals surface area (Å²) in [7, 11) is 0. The minimum absolute atomic E-state index is 0.0889. The zero-order valence-corrected chi connectivity index (χ0v) is 30.6. The lowest BCUT2D eigenvalue weighted by atomic mass is 9.70. The van der Waals surface area contributed by atoms with Gasteiger partial charge in [-0.05, 0) is 101 Å². The van der Waals surface area contributed by atoms with Crippen LogP contribution in [0, 0.1) is 0 Å². The minimum atomic E-state index is -0.321. The SMILES string of the molecule is C=C(Cc1ccc(C(C)(c2ccc(CC(=C)C(C)(C)Br)cc2)c2ccc(CC(=C)C(C)(C)Br)cc2)cc1)C(C)(C)Br. The van der Waals surface area contributed by atoms with Crippen LogP contribution >= 0.6 is 47.8 Å². The molecule has 3 aromatic carbocycles. The van der Waals surface area contributed by atoms with Crippen LogP contribution in [0.2, 0.25) is 0 Å². The zero-order chi connectivity index (χ0) is 30.8. The van der Waals surface area contributed by atoms with E-state index < -0.39 is 0 Å². The third-order valence-corrected chi connectivity index (χ3v) is 10.1. The van der Waals surface area contributed by atoms with Crippen molar-refractivity contribution in [2.45, 2.75) is 86.1 Å². The van der Waals surface area contributed by atoms with E-state index in [4.69, 9.17) is 0 Å². The molecular formula is C38H45Br3. The second-order valence-electron chi connectivity index (χ2n) is 13.0. The summed E-state index contributed by atoms with van der Waals surface area (Å²) in [5, 5.41) is 0. The molecule has 0 aliphatic rings. The van der Waals surface area contributed by atoms with Crippen LogP contribution in [0.5, 0.6) is 0 Å². The first-order valence-corrected chi connectivity index (χ1v) is 16.6. The number of alkyl halides is 3. The summed E-state index contributed by atoms with van der Waals surface area (Å²) < 4.78 is -0.267. The van der Waals surface area contributed by atoms with E-state index in [2.05, 4.69) is 189 Å². The third kappa shape index (κ3) is 8.68. The Bertz CT molecular complexity index is 1200. The molecule has 0 nitrogen and oxygen atoms in total. The first kappa shape index (κ1) is 33.8. The zero-order valence-electron chi connectivity index (χ0n) is 25.8. The lowest BCUT2D eigenvalue weighted by Gasteiger charge is -2.33. The molecule has 0 aromatic heterocycles. The lowest BCUT2D eigenvalue weighted by Crippen LogP contribution is -2.25. The molecule has 218 valence electrons. The molecule has 41 heavy (non-hydrogen) atoms. The number of hydrogen-bond acceptors (Lipinski definition) is 0. The fourth-order valence-corrected chi connectivity index (χ4v) is 5.16. The predicted molar refractivity (Wildman–Crippen MR) is 192 cm³/mol. The van der Waals surface area contributed by atoms with Crippen LogP contribution in [-0.4, -0.2) is 13.0 Å². The summed E-state index contributed by atoms with van der Waals surface area (Å²) in [5.41, 5.74) is 10.8. The van der Waals surface area contributed by atoms with Gasteiger partial charge in [-0.3, -0.25) is 0 Å². The molecule has 0 atom stereocenters. The molecule has 0 spiro atoms. The van der Waals surface area contributed by atoms with Gasteiger partial charge in [-0.2, -0.15) is 0 Å².